The van der Waals surface area contributed by atoms with Gasteiger partial charge in [0.2, 0.25) is 17.7 Å². The molecular formula is C43H66N8O9. The Hall–Kier alpha value is -5.87. The van der Waals surface area contributed by atoms with Gasteiger partial charge >= 0.3 is 12.2 Å². The van der Waals surface area contributed by atoms with Gasteiger partial charge in [0.1, 0.15) is 29.0 Å². The molecule has 0 spiro atoms. The predicted molar refractivity (Wildman–Crippen MR) is 229 cm³/mol. The van der Waals surface area contributed by atoms with E-state index in [1.165, 1.54) is 0 Å². The van der Waals surface area contributed by atoms with Gasteiger partial charge in [-0.25, -0.2) is 9.59 Å². The minimum atomic E-state index is -1.19. The van der Waals surface area contributed by atoms with E-state index in [1.54, 1.807) is 91.8 Å². The minimum Gasteiger partial charge on any atom is -0.508 e. The van der Waals surface area contributed by atoms with Crippen LogP contribution in [0.25, 0.3) is 0 Å². The molecule has 0 radical (unpaired) electrons. The average molecular weight is 839 g/mol. The molecule has 17 heteroatoms. The van der Waals surface area contributed by atoms with Gasteiger partial charge in [0, 0.05) is 31.8 Å². The van der Waals surface area contributed by atoms with Crippen molar-refractivity contribution < 1.29 is 43.3 Å². The molecule has 0 saturated carbocycles. The van der Waals surface area contributed by atoms with Gasteiger partial charge in [-0.1, -0.05) is 30.3 Å². The van der Waals surface area contributed by atoms with Crippen molar-refractivity contribution in [3.63, 3.8) is 0 Å². The Bertz CT molecular complexity index is 1780. The zero-order chi connectivity index (χ0) is 45.2. The summed E-state index contributed by atoms with van der Waals surface area (Å²) in [6, 6.07) is 8.70. The monoisotopic (exact) mass is 838 g/mol. The number of primary amides is 1. The summed E-state index contributed by atoms with van der Waals surface area (Å²) in [5, 5.41) is 21.1. The Morgan fingerprint density at radius 3 is 1.85 bits per heavy atom. The summed E-state index contributed by atoms with van der Waals surface area (Å²) in [6.45, 7) is 14.2. The van der Waals surface area contributed by atoms with Gasteiger partial charge in [-0.15, -0.1) is 0 Å². The molecule has 332 valence electrons. The molecule has 0 bridgehead atoms. The number of hydrogen-bond acceptors (Lipinski definition) is 10. The first-order valence-electron chi connectivity index (χ1n) is 20.2. The van der Waals surface area contributed by atoms with Crippen LogP contribution in [0.5, 0.6) is 5.75 Å². The highest BCUT2D eigenvalue weighted by molar-refractivity contribution is 5.95. The maximum absolute atomic E-state index is 14.5. The number of carbonyl (C=O) groups excluding carboxylic acids is 6. The molecule has 0 saturated heterocycles. The number of unbranched alkanes of at least 4 members (excludes halogenated alkanes) is 1. The number of aromatic hydroxyl groups is 1. The van der Waals surface area contributed by atoms with Crippen molar-refractivity contribution in [3.8, 4) is 5.75 Å². The number of phenolic OH excluding ortho intramolecular Hbond substituents is 1. The number of guanidine groups is 1. The molecule has 0 aliphatic carbocycles. The van der Waals surface area contributed by atoms with Gasteiger partial charge in [-0.2, -0.15) is 0 Å². The number of benzene rings is 2. The molecule has 0 aliphatic rings. The predicted octanol–water partition coefficient (Wildman–Crippen LogP) is 3.47. The number of phenols is 1. The van der Waals surface area contributed by atoms with Gasteiger partial charge < -0.3 is 53.0 Å². The van der Waals surface area contributed by atoms with Crippen molar-refractivity contribution in [1.82, 2.24) is 21.3 Å². The molecule has 2 aromatic carbocycles. The number of ether oxygens (including phenoxy) is 2. The second-order valence-electron chi connectivity index (χ2n) is 16.9. The number of Topliss-reactive ketones (excluding diaryl/α,β-unsaturated/α-hetero) is 1. The summed E-state index contributed by atoms with van der Waals surface area (Å²) in [5.41, 5.74) is 17.9. The van der Waals surface area contributed by atoms with Crippen molar-refractivity contribution in [1.29, 1.82) is 0 Å². The standard InChI is InChI=1S/C43H66N8O9/c1-26-21-30(52)22-27(2)31(26)24-29(25-35(53)32(18-14-20-47-39(45)46)51-41(58)60-43(6,7)8)37(55)49-33(17-12-13-19-48-40(57)59-42(3,4)5)38(56)50-34(36(44)54)23-28-15-10-9-11-16-28/h9-11,15-16,21-22,29,32-34,52H,12-14,17-20,23-25H2,1-8H3,(H2,44,54)(H,48,57)(H,49,55)(H,50,56)(H,51,58)(H4,45,46,47)/t29-,32-,33+,34+/m1/s1. The maximum Gasteiger partial charge on any atom is 0.408 e. The molecule has 60 heavy (non-hydrogen) atoms. The normalized spacial score (nSPS) is 13.4. The molecule has 0 heterocycles. The zero-order valence-corrected chi connectivity index (χ0v) is 36.3. The lowest BCUT2D eigenvalue weighted by Gasteiger charge is -2.27. The van der Waals surface area contributed by atoms with Crippen LogP contribution in [0, 0.1) is 19.8 Å². The molecular weight excluding hydrogens is 773 g/mol. The first-order chi connectivity index (χ1) is 27.9. The molecule has 0 aliphatic heterocycles. The smallest absolute Gasteiger partial charge is 0.408 e. The van der Waals surface area contributed by atoms with Crippen LogP contribution in [0.1, 0.15) is 102 Å². The molecule has 11 N–H and O–H groups in total. The van der Waals surface area contributed by atoms with E-state index in [9.17, 15) is 33.9 Å². The third-order valence-corrected chi connectivity index (χ3v) is 9.14. The number of aliphatic imine (C=N–C) groups is 1. The molecule has 0 unspecified atom stereocenters. The van der Waals surface area contributed by atoms with Crippen molar-refractivity contribution in [2.24, 2.45) is 28.1 Å². The van der Waals surface area contributed by atoms with Crippen LogP contribution in [0.4, 0.5) is 9.59 Å². The number of aryl methyl sites for hydroxylation is 2. The molecule has 2 rings (SSSR count). The van der Waals surface area contributed by atoms with Gasteiger partial charge in [-0.05, 0) is 128 Å². The highest BCUT2D eigenvalue weighted by Gasteiger charge is 2.33. The highest BCUT2D eigenvalue weighted by atomic mass is 16.6. The second-order valence-corrected chi connectivity index (χ2v) is 16.9. The van der Waals surface area contributed by atoms with E-state index in [1.807, 2.05) is 6.07 Å². The molecule has 0 fully saturated rings. The SMILES string of the molecule is Cc1cc(O)cc(C)c1C[C@H](CC(=O)[C@@H](CCCN=C(N)N)NC(=O)OC(C)(C)C)C(=O)N[C@@H](CCCCNC(=O)OC(C)(C)C)C(=O)N[C@@H](Cc1ccccc1)C(N)=O. The first-order valence-corrected chi connectivity index (χ1v) is 20.2. The van der Waals surface area contributed by atoms with Crippen molar-refractivity contribution in [2.75, 3.05) is 13.1 Å². The summed E-state index contributed by atoms with van der Waals surface area (Å²) >= 11 is 0. The van der Waals surface area contributed by atoms with Crippen LogP contribution in [-0.4, -0.2) is 89.2 Å². The number of ketones is 1. The number of rotatable bonds is 22. The lowest BCUT2D eigenvalue weighted by Crippen LogP contribution is -2.54. The fourth-order valence-electron chi connectivity index (χ4n) is 6.33. The summed E-state index contributed by atoms with van der Waals surface area (Å²) in [5.74, 6) is -3.73. The Balaban J connectivity index is 2.47. The maximum atomic E-state index is 14.5. The van der Waals surface area contributed by atoms with Crippen LogP contribution in [0.2, 0.25) is 0 Å². The highest BCUT2D eigenvalue weighted by Crippen LogP contribution is 2.26. The van der Waals surface area contributed by atoms with E-state index in [2.05, 4.69) is 26.3 Å². The second kappa shape index (κ2) is 23.7. The molecule has 4 atom stereocenters. The average Bonchev–Trinajstić information content (AvgIpc) is 3.11. The lowest BCUT2D eigenvalue weighted by molar-refractivity contribution is -0.134. The fraction of sp³-hybridized carbons (Fsp3) is 0.558. The number of hydrogen-bond donors (Lipinski definition) is 8. The summed E-state index contributed by atoms with van der Waals surface area (Å²) in [7, 11) is 0. The van der Waals surface area contributed by atoms with Crippen LogP contribution >= 0.6 is 0 Å². The van der Waals surface area contributed by atoms with E-state index in [4.69, 9.17) is 26.7 Å². The summed E-state index contributed by atoms with van der Waals surface area (Å²) < 4.78 is 10.7. The van der Waals surface area contributed by atoms with E-state index in [0.29, 0.717) is 36.0 Å². The third-order valence-electron chi connectivity index (χ3n) is 9.14. The van der Waals surface area contributed by atoms with Crippen LogP contribution in [0.3, 0.4) is 0 Å². The summed E-state index contributed by atoms with van der Waals surface area (Å²) in [4.78, 5) is 84.2. The van der Waals surface area contributed by atoms with Crippen molar-refractivity contribution >= 4 is 41.7 Å². The third kappa shape index (κ3) is 19.7. The number of carbonyl (C=O) groups is 6. The lowest BCUT2D eigenvalue weighted by atomic mass is 9.86. The van der Waals surface area contributed by atoms with Gasteiger partial charge in [0.25, 0.3) is 0 Å². The topological polar surface area (TPSA) is 280 Å². The number of alkyl carbamates (subject to hydrolysis) is 2. The van der Waals surface area contributed by atoms with E-state index < -0.39 is 70.9 Å². The quantitative estimate of drug-likeness (QED) is 0.0483. The van der Waals surface area contributed by atoms with Crippen LogP contribution in [0.15, 0.2) is 47.5 Å². The summed E-state index contributed by atoms with van der Waals surface area (Å²) in [6.07, 6.45) is -0.353. The Morgan fingerprint density at radius 1 is 0.717 bits per heavy atom. The number of nitrogens with two attached hydrogens (primary N) is 3. The van der Waals surface area contributed by atoms with Crippen molar-refractivity contribution in [2.45, 2.75) is 136 Å². The largest absolute Gasteiger partial charge is 0.508 e. The van der Waals surface area contributed by atoms with Gasteiger partial charge in [-0.3, -0.25) is 24.2 Å². The van der Waals surface area contributed by atoms with Crippen LogP contribution in [-0.2, 0) is 41.5 Å². The van der Waals surface area contributed by atoms with E-state index in [-0.39, 0.29) is 56.9 Å². The molecule has 2 aromatic rings. The van der Waals surface area contributed by atoms with E-state index >= 15 is 0 Å². The zero-order valence-electron chi connectivity index (χ0n) is 36.3. The van der Waals surface area contributed by atoms with Crippen molar-refractivity contribution in [3.05, 3.63) is 64.7 Å². The van der Waals surface area contributed by atoms with E-state index in [0.717, 1.165) is 5.56 Å². The number of nitrogens with zero attached hydrogens (tertiary/aromatic N) is 1. The Morgan fingerprint density at radius 2 is 1.28 bits per heavy atom. The van der Waals surface area contributed by atoms with Crippen LogP contribution < -0.4 is 38.5 Å². The van der Waals surface area contributed by atoms with Gasteiger partial charge in [0.15, 0.2) is 11.7 Å². The molecule has 17 nitrogen and oxygen atoms in total. The molecule has 0 aromatic heterocycles. The minimum absolute atomic E-state index is 0.0330. The Kier molecular flexibility index (Phi) is 19.8. The Labute approximate surface area is 353 Å². The number of nitrogens with one attached hydrogen (secondary N) is 4. The van der Waals surface area contributed by atoms with Gasteiger partial charge in [0.05, 0.1) is 6.04 Å². The first kappa shape index (κ1) is 50.3. The fourth-order valence-corrected chi connectivity index (χ4v) is 6.33. The number of amides is 5. The molecule has 5 amide bonds.